The molecule has 4 nitrogen and oxygen atoms in total. The first-order valence-corrected chi connectivity index (χ1v) is 7.77. The third-order valence-corrected chi connectivity index (χ3v) is 4.34. The second kappa shape index (κ2) is 7.13. The maximum Gasteiger partial charge on any atom is 0.230 e. The lowest BCUT2D eigenvalue weighted by Gasteiger charge is -2.35. The van der Waals surface area contributed by atoms with Crippen LogP contribution in [0.3, 0.4) is 0 Å². The zero-order valence-electron chi connectivity index (χ0n) is 13.9. The van der Waals surface area contributed by atoms with Gasteiger partial charge in [-0.1, -0.05) is 18.2 Å². The number of nitrogens with one attached hydrogen (secondary N) is 1. The summed E-state index contributed by atoms with van der Waals surface area (Å²) in [7, 11) is 0. The molecule has 126 valence electrons. The minimum absolute atomic E-state index is 0.0928. The second-order valence-corrected chi connectivity index (χ2v) is 6.46. The number of amides is 1. The number of hydrogen-bond acceptors (Lipinski definition) is 3. The molecule has 5 heteroatoms. The summed E-state index contributed by atoms with van der Waals surface area (Å²) in [6.07, 6.45) is 0.299. The number of rotatable bonds is 5. The SMILES string of the molecule is C=C(C)C(C)(C)C(=O)N[C@@H]1CCOC[C@H]1Oc1cccc(F)c1. The summed E-state index contributed by atoms with van der Waals surface area (Å²) in [4.78, 5) is 12.5. The van der Waals surface area contributed by atoms with Crippen LogP contribution in [0, 0.1) is 11.2 Å². The quantitative estimate of drug-likeness (QED) is 0.848. The number of carbonyl (C=O) groups excluding carboxylic acids is 1. The first-order valence-electron chi connectivity index (χ1n) is 7.77. The van der Waals surface area contributed by atoms with Crippen molar-refractivity contribution >= 4 is 5.91 Å². The van der Waals surface area contributed by atoms with Crippen LogP contribution in [0.2, 0.25) is 0 Å². The smallest absolute Gasteiger partial charge is 0.230 e. The van der Waals surface area contributed by atoms with Gasteiger partial charge in [0.15, 0.2) is 0 Å². The fourth-order valence-corrected chi connectivity index (χ4v) is 2.25. The Hall–Kier alpha value is -1.88. The first-order chi connectivity index (χ1) is 10.8. The van der Waals surface area contributed by atoms with Crippen LogP contribution in [0.15, 0.2) is 36.4 Å². The number of halogens is 1. The van der Waals surface area contributed by atoms with Gasteiger partial charge in [0, 0.05) is 12.7 Å². The summed E-state index contributed by atoms with van der Waals surface area (Å²) in [6.45, 7) is 10.3. The van der Waals surface area contributed by atoms with E-state index in [2.05, 4.69) is 11.9 Å². The molecule has 0 radical (unpaired) electrons. The number of hydrogen-bond donors (Lipinski definition) is 1. The van der Waals surface area contributed by atoms with E-state index in [-0.39, 0.29) is 23.9 Å². The van der Waals surface area contributed by atoms with Crippen LogP contribution >= 0.6 is 0 Å². The van der Waals surface area contributed by atoms with Gasteiger partial charge < -0.3 is 14.8 Å². The Morgan fingerprint density at radius 2 is 2.22 bits per heavy atom. The van der Waals surface area contributed by atoms with Gasteiger partial charge in [-0.15, -0.1) is 0 Å². The summed E-state index contributed by atoms with van der Waals surface area (Å²) in [5.74, 6) is -0.0214. The van der Waals surface area contributed by atoms with Crippen LogP contribution in [-0.2, 0) is 9.53 Å². The highest BCUT2D eigenvalue weighted by Crippen LogP contribution is 2.26. The average molecular weight is 321 g/mol. The molecule has 1 aromatic carbocycles. The molecule has 1 heterocycles. The molecule has 0 bridgehead atoms. The number of carbonyl (C=O) groups is 1. The molecule has 0 saturated carbocycles. The zero-order chi connectivity index (χ0) is 17.0. The van der Waals surface area contributed by atoms with Crippen LogP contribution in [0.5, 0.6) is 5.75 Å². The van der Waals surface area contributed by atoms with Crippen molar-refractivity contribution in [2.45, 2.75) is 39.3 Å². The van der Waals surface area contributed by atoms with E-state index in [1.165, 1.54) is 12.1 Å². The highest BCUT2D eigenvalue weighted by atomic mass is 19.1. The lowest BCUT2D eigenvalue weighted by atomic mass is 9.84. The Bertz CT molecular complexity index is 585. The normalized spacial score (nSPS) is 21.6. The summed E-state index contributed by atoms with van der Waals surface area (Å²) in [5.41, 5.74) is 0.145. The van der Waals surface area contributed by atoms with Crippen molar-refractivity contribution in [3.8, 4) is 5.75 Å². The zero-order valence-corrected chi connectivity index (χ0v) is 13.9. The van der Waals surface area contributed by atoms with Crippen molar-refractivity contribution in [2.75, 3.05) is 13.2 Å². The Labute approximate surface area is 136 Å². The number of ether oxygens (including phenoxy) is 2. The first kappa shape index (κ1) is 17.5. The highest BCUT2D eigenvalue weighted by Gasteiger charge is 2.34. The van der Waals surface area contributed by atoms with Crippen LogP contribution < -0.4 is 10.1 Å². The minimum atomic E-state index is -0.651. The van der Waals surface area contributed by atoms with E-state index in [1.54, 1.807) is 12.1 Å². The molecule has 1 aliphatic heterocycles. The molecule has 1 aliphatic rings. The molecule has 0 aromatic heterocycles. The lowest BCUT2D eigenvalue weighted by molar-refractivity contribution is -0.130. The van der Waals surface area contributed by atoms with Crippen LogP contribution in [0.25, 0.3) is 0 Å². The topological polar surface area (TPSA) is 47.6 Å². The van der Waals surface area contributed by atoms with Gasteiger partial charge in [-0.25, -0.2) is 4.39 Å². The van der Waals surface area contributed by atoms with Crippen molar-refractivity contribution in [1.29, 1.82) is 0 Å². The minimum Gasteiger partial charge on any atom is -0.486 e. The van der Waals surface area contributed by atoms with Crippen LogP contribution in [0.1, 0.15) is 27.2 Å². The average Bonchev–Trinajstić information content (AvgIpc) is 2.49. The van der Waals surface area contributed by atoms with Gasteiger partial charge in [-0.05, 0) is 39.3 Å². The highest BCUT2D eigenvalue weighted by molar-refractivity contribution is 5.85. The Balaban J connectivity index is 2.06. The van der Waals surface area contributed by atoms with Crippen molar-refractivity contribution in [3.63, 3.8) is 0 Å². The van der Waals surface area contributed by atoms with E-state index in [0.29, 0.717) is 25.4 Å². The van der Waals surface area contributed by atoms with E-state index in [9.17, 15) is 9.18 Å². The van der Waals surface area contributed by atoms with E-state index < -0.39 is 5.41 Å². The summed E-state index contributed by atoms with van der Waals surface area (Å²) >= 11 is 0. The fourth-order valence-electron chi connectivity index (χ4n) is 2.25. The van der Waals surface area contributed by atoms with Gasteiger partial charge in [0.2, 0.25) is 5.91 Å². The number of benzene rings is 1. The van der Waals surface area contributed by atoms with Crippen molar-refractivity contribution in [2.24, 2.45) is 5.41 Å². The molecule has 0 aliphatic carbocycles. The Morgan fingerprint density at radius 3 is 2.87 bits per heavy atom. The third kappa shape index (κ3) is 4.32. The molecule has 1 amide bonds. The van der Waals surface area contributed by atoms with Crippen molar-refractivity contribution in [3.05, 3.63) is 42.2 Å². The molecule has 0 spiro atoms. The molecule has 2 atom stereocenters. The molecular formula is C18H24FNO3. The maximum absolute atomic E-state index is 13.3. The van der Waals surface area contributed by atoms with E-state index in [0.717, 1.165) is 5.57 Å². The predicted octanol–water partition coefficient (Wildman–Crippen LogP) is 3.08. The van der Waals surface area contributed by atoms with Crippen molar-refractivity contribution in [1.82, 2.24) is 5.32 Å². The molecule has 0 unspecified atom stereocenters. The summed E-state index contributed by atoms with van der Waals surface area (Å²) < 4.78 is 24.5. The molecule has 1 fully saturated rings. The molecule has 2 rings (SSSR count). The monoisotopic (exact) mass is 321 g/mol. The summed E-state index contributed by atoms with van der Waals surface area (Å²) in [5, 5.41) is 3.03. The van der Waals surface area contributed by atoms with E-state index >= 15 is 0 Å². The van der Waals surface area contributed by atoms with Gasteiger partial charge in [0.05, 0.1) is 18.1 Å². The molecule has 1 N–H and O–H groups in total. The van der Waals surface area contributed by atoms with Gasteiger partial charge in [-0.3, -0.25) is 4.79 Å². The third-order valence-electron chi connectivity index (χ3n) is 4.34. The molecule has 1 aromatic rings. The standard InChI is InChI=1S/C18H24FNO3/c1-12(2)18(3,4)17(21)20-15-8-9-22-11-16(15)23-14-7-5-6-13(19)10-14/h5-7,10,15-16H,1,8-9,11H2,2-4H3,(H,20,21)/t15-,16-/m1/s1. The fraction of sp³-hybridized carbons (Fsp3) is 0.500. The molecular weight excluding hydrogens is 297 g/mol. The predicted molar refractivity (Wildman–Crippen MR) is 86.8 cm³/mol. The Morgan fingerprint density at radius 1 is 1.48 bits per heavy atom. The van der Waals surface area contributed by atoms with Crippen LogP contribution in [0.4, 0.5) is 4.39 Å². The van der Waals surface area contributed by atoms with E-state index in [4.69, 9.17) is 9.47 Å². The van der Waals surface area contributed by atoms with E-state index in [1.807, 2.05) is 20.8 Å². The van der Waals surface area contributed by atoms with Crippen molar-refractivity contribution < 1.29 is 18.7 Å². The molecule has 1 saturated heterocycles. The van der Waals surface area contributed by atoms with Gasteiger partial charge >= 0.3 is 0 Å². The summed E-state index contributed by atoms with van der Waals surface area (Å²) in [6, 6.07) is 5.78. The maximum atomic E-state index is 13.3. The molecule has 23 heavy (non-hydrogen) atoms. The van der Waals surface area contributed by atoms with Crippen LogP contribution in [-0.4, -0.2) is 31.3 Å². The van der Waals surface area contributed by atoms with Gasteiger partial charge in [0.1, 0.15) is 17.7 Å². The Kier molecular flexibility index (Phi) is 5.42. The van der Waals surface area contributed by atoms with Gasteiger partial charge in [0.25, 0.3) is 0 Å². The van der Waals surface area contributed by atoms with Gasteiger partial charge in [-0.2, -0.15) is 0 Å². The largest absolute Gasteiger partial charge is 0.486 e. The second-order valence-electron chi connectivity index (χ2n) is 6.46. The lowest BCUT2D eigenvalue weighted by Crippen LogP contribution is -2.54.